The van der Waals surface area contributed by atoms with Gasteiger partial charge < -0.3 is 9.64 Å². The lowest BCUT2D eigenvalue weighted by Crippen LogP contribution is -2.59. The van der Waals surface area contributed by atoms with Crippen LogP contribution in [0, 0.1) is 5.82 Å². The standard InChI is InChI=1S/C27H27ClFN3O2/c28-22-11-20-3-1-19(13-25(20)30-14-22)18-2-4-21(24(29)12-18)15-31-9-7-27(8-10-31)17-32(23-5-6-23)26(33)16-34-27/h1-4,11-14,23H,5-10,15-17H2. The molecular formula is C27H27ClFN3O2. The Bertz CT molecular complexity index is 1250. The summed E-state index contributed by atoms with van der Waals surface area (Å²) in [5.41, 5.74) is 3.06. The molecule has 2 saturated heterocycles. The number of hydrogen-bond acceptors (Lipinski definition) is 4. The van der Waals surface area contributed by atoms with Crippen molar-refractivity contribution < 1.29 is 13.9 Å². The lowest BCUT2D eigenvalue weighted by Gasteiger charge is -2.47. The van der Waals surface area contributed by atoms with Crippen LogP contribution in [0.2, 0.25) is 5.02 Å². The predicted octanol–water partition coefficient (Wildman–Crippen LogP) is 5.05. The van der Waals surface area contributed by atoms with E-state index in [0.717, 1.165) is 60.8 Å². The topological polar surface area (TPSA) is 45.7 Å². The minimum atomic E-state index is -0.232. The van der Waals surface area contributed by atoms with Crippen LogP contribution in [-0.4, -0.2) is 58.6 Å². The van der Waals surface area contributed by atoms with E-state index in [4.69, 9.17) is 16.3 Å². The van der Waals surface area contributed by atoms with Crippen molar-refractivity contribution in [3.05, 3.63) is 65.1 Å². The quantitative estimate of drug-likeness (QED) is 0.525. The Hall–Kier alpha value is -2.54. The van der Waals surface area contributed by atoms with Gasteiger partial charge in [0, 0.05) is 42.8 Å². The summed E-state index contributed by atoms with van der Waals surface area (Å²) in [7, 11) is 0. The summed E-state index contributed by atoms with van der Waals surface area (Å²) in [6, 6.07) is 13.7. The molecule has 1 saturated carbocycles. The molecule has 0 atom stereocenters. The van der Waals surface area contributed by atoms with Crippen LogP contribution in [0.25, 0.3) is 22.0 Å². The maximum atomic E-state index is 15.1. The van der Waals surface area contributed by atoms with Gasteiger partial charge in [-0.1, -0.05) is 35.9 Å². The van der Waals surface area contributed by atoms with E-state index in [9.17, 15) is 4.79 Å². The van der Waals surface area contributed by atoms with Gasteiger partial charge in [-0.2, -0.15) is 0 Å². The molecule has 3 aliphatic rings. The molecule has 0 N–H and O–H groups in total. The molecule has 0 radical (unpaired) electrons. The molecule has 1 aromatic heterocycles. The number of ether oxygens (including phenoxy) is 1. The van der Waals surface area contributed by atoms with Crippen LogP contribution in [0.1, 0.15) is 31.2 Å². The minimum absolute atomic E-state index is 0.128. The summed E-state index contributed by atoms with van der Waals surface area (Å²) in [5, 5.41) is 1.56. The first-order valence-electron chi connectivity index (χ1n) is 12.0. The Labute approximate surface area is 203 Å². The van der Waals surface area contributed by atoms with Crippen LogP contribution >= 0.6 is 11.6 Å². The number of halogens is 2. The molecule has 7 heteroatoms. The molecule has 6 rings (SSSR count). The number of rotatable bonds is 4. The third-order valence-corrected chi connectivity index (χ3v) is 7.67. The lowest BCUT2D eigenvalue weighted by molar-refractivity contribution is -0.172. The zero-order valence-electron chi connectivity index (χ0n) is 19.0. The fraction of sp³-hybridized carbons (Fsp3) is 0.407. The van der Waals surface area contributed by atoms with Gasteiger partial charge in [-0.3, -0.25) is 14.7 Å². The average molecular weight is 480 g/mol. The first-order valence-corrected chi connectivity index (χ1v) is 12.4. The highest BCUT2D eigenvalue weighted by Gasteiger charge is 2.46. The van der Waals surface area contributed by atoms with E-state index in [2.05, 4.69) is 9.88 Å². The van der Waals surface area contributed by atoms with E-state index in [-0.39, 0.29) is 23.9 Å². The van der Waals surface area contributed by atoms with Crippen molar-refractivity contribution >= 4 is 28.4 Å². The maximum Gasteiger partial charge on any atom is 0.248 e. The number of pyridine rings is 1. The zero-order valence-corrected chi connectivity index (χ0v) is 19.7. The summed E-state index contributed by atoms with van der Waals surface area (Å²) in [6.45, 7) is 3.16. The van der Waals surface area contributed by atoms with Gasteiger partial charge in [-0.25, -0.2) is 4.39 Å². The van der Waals surface area contributed by atoms with Crippen LogP contribution in [-0.2, 0) is 16.1 Å². The van der Waals surface area contributed by atoms with E-state index < -0.39 is 0 Å². The molecule has 3 fully saturated rings. The SMILES string of the molecule is O=C1COC2(CCN(Cc3ccc(-c4ccc5cc(Cl)cnc5c4)cc3F)CC2)CN1C1CC1. The van der Waals surface area contributed by atoms with Crippen molar-refractivity contribution in [3.8, 4) is 11.1 Å². The van der Waals surface area contributed by atoms with Crippen molar-refractivity contribution in [1.82, 2.24) is 14.8 Å². The Morgan fingerprint density at radius 1 is 1.09 bits per heavy atom. The first-order chi connectivity index (χ1) is 16.5. The Morgan fingerprint density at radius 3 is 2.62 bits per heavy atom. The maximum absolute atomic E-state index is 15.1. The van der Waals surface area contributed by atoms with E-state index in [1.165, 1.54) is 0 Å². The van der Waals surface area contributed by atoms with Crippen LogP contribution in [0.3, 0.4) is 0 Å². The predicted molar refractivity (Wildman–Crippen MR) is 130 cm³/mol. The second kappa shape index (κ2) is 8.59. The van der Waals surface area contributed by atoms with Gasteiger partial charge in [0.05, 0.1) is 22.7 Å². The second-order valence-electron chi connectivity index (χ2n) is 9.87. The van der Waals surface area contributed by atoms with Crippen LogP contribution in [0.4, 0.5) is 4.39 Å². The Kier molecular flexibility index (Phi) is 5.55. The Balaban J connectivity index is 1.12. The molecule has 0 unspecified atom stereocenters. The van der Waals surface area contributed by atoms with Crippen molar-refractivity contribution in [1.29, 1.82) is 0 Å². The number of carbonyl (C=O) groups excluding carboxylic acids is 1. The summed E-state index contributed by atoms with van der Waals surface area (Å²) in [6.07, 6.45) is 5.61. The first kappa shape index (κ1) is 22.0. The number of morpholine rings is 1. The number of hydrogen-bond donors (Lipinski definition) is 0. The molecule has 3 aromatic rings. The highest BCUT2D eigenvalue weighted by atomic mass is 35.5. The summed E-state index contributed by atoms with van der Waals surface area (Å²) >= 11 is 6.02. The lowest BCUT2D eigenvalue weighted by atomic mass is 9.89. The van der Waals surface area contributed by atoms with E-state index in [0.29, 0.717) is 29.7 Å². The van der Waals surface area contributed by atoms with Crippen molar-refractivity contribution in [2.45, 2.75) is 43.9 Å². The fourth-order valence-corrected chi connectivity index (χ4v) is 5.42. The van der Waals surface area contributed by atoms with Gasteiger partial charge in [0.2, 0.25) is 5.91 Å². The fourth-order valence-electron chi connectivity index (χ4n) is 5.25. The largest absolute Gasteiger partial charge is 0.363 e. The van der Waals surface area contributed by atoms with Gasteiger partial charge in [0.15, 0.2) is 0 Å². The molecular weight excluding hydrogens is 453 g/mol. The third kappa shape index (κ3) is 4.30. The van der Waals surface area contributed by atoms with Gasteiger partial charge in [0.25, 0.3) is 0 Å². The second-order valence-corrected chi connectivity index (χ2v) is 10.3. The van der Waals surface area contributed by atoms with Crippen LogP contribution in [0.15, 0.2) is 48.7 Å². The monoisotopic (exact) mass is 479 g/mol. The van der Waals surface area contributed by atoms with Crippen molar-refractivity contribution in [2.24, 2.45) is 0 Å². The van der Waals surface area contributed by atoms with E-state index in [1.807, 2.05) is 41.3 Å². The van der Waals surface area contributed by atoms with Gasteiger partial charge >= 0.3 is 0 Å². The molecule has 3 heterocycles. The summed E-state index contributed by atoms with van der Waals surface area (Å²) in [4.78, 5) is 20.9. The molecule has 1 aliphatic carbocycles. The highest BCUT2D eigenvalue weighted by molar-refractivity contribution is 6.31. The molecule has 1 amide bonds. The number of likely N-dealkylation sites (tertiary alicyclic amines) is 1. The van der Waals surface area contributed by atoms with E-state index >= 15 is 4.39 Å². The summed E-state index contributed by atoms with van der Waals surface area (Å²) in [5.74, 6) is -0.0647. The number of carbonyl (C=O) groups is 1. The molecule has 0 bridgehead atoms. The van der Waals surface area contributed by atoms with Crippen molar-refractivity contribution in [3.63, 3.8) is 0 Å². The molecule has 2 aromatic carbocycles. The summed E-state index contributed by atoms with van der Waals surface area (Å²) < 4.78 is 21.1. The Morgan fingerprint density at radius 2 is 1.85 bits per heavy atom. The van der Waals surface area contributed by atoms with Gasteiger partial charge in [0.1, 0.15) is 12.4 Å². The highest BCUT2D eigenvalue weighted by Crippen LogP contribution is 2.36. The van der Waals surface area contributed by atoms with Crippen LogP contribution in [0.5, 0.6) is 0 Å². The molecule has 176 valence electrons. The third-order valence-electron chi connectivity index (χ3n) is 7.47. The van der Waals surface area contributed by atoms with Crippen molar-refractivity contribution in [2.75, 3.05) is 26.2 Å². The molecule has 5 nitrogen and oxygen atoms in total. The normalized spacial score (nSPS) is 20.9. The number of benzene rings is 2. The molecule has 2 aliphatic heterocycles. The average Bonchev–Trinajstić information content (AvgIpc) is 3.69. The van der Waals surface area contributed by atoms with E-state index in [1.54, 1.807) is 12.3 Å². The molecule has 34 heavy (non-hydrogen) atoms. The number of amides is 1. The number of fused-ring (bicyclic) bond motifs is 1. The number of aromatic nitrogens is 1. The minimum Gasteiger partial charge on any atom is -0.363 e. The smallest absolute Gasteiger partial charge is 0.248 e. The van der Waals surface area contributed by atoms with Gasteiger partial charge in [-0.05, 0) is 55.0 Å². The number of piperidine rings is 1. The van der Waals surface area contributed by atoms with Crippen LogP contribution < -0.4 is 0 Å². The van der Waals surface area contributed by atoms with Gasteiger partial charge in [-0.15, -0.1) is 0 Å². The number of nitrogens with zero attached hydrogens (tertiary/aromatic N) is 3. The molecule has 1 spiro atoms. The zero-order chi connectivity index (χ0) is 23.3.